The summed E-state index contributed by atoms with van der Waals surface area (Å²) in [6.07, 6.45) is 1.54. The maximum Gasteiger partial charge on any atom is 0.213 e. The zero-order valence-electron chi connectivity index (χ0n) is 10.7. The smallest absolute Gasteiger partial charge is 0.213 e. The minimum atomic E-state index is 0.441. The predicted octanol–water partition coefficient (Wildman–Crippen LogP) is 1.67. The van der Waals surface area contributed by atoms with Gasteiger partial charge in [0.1, 0.15) is 6.61 Å². The third-order valence-electron chi connectivity index (χ3n) is 1.99. The van der Waals surface area contributed by atoms with Crippen LogP contribution < -0.4 is 15.8 Å². The summed E-state index contributed by atoms with van der Waals surface area (Å²) >= 11 is 5.71. The molecule has 3 N–H and O–H groups in total. The number of guanidine groups is 1. The summed E-state index contributed by atoms with van der Waals surface area (Å²) in [5.74, 6) is 1.48. The van der Waals surface area contributed by atoms with Crippen molar-refractivity contribution >= 4 is 17.6 Å². The lowest BCUT2D eigenvalue weighted by Gasteiger charge is -2.08. The van der Waals surface area contributed by atoms with E-state index in [1.807, 2.05) is 0 Å². The number of aliphatic imine (C=N–C) groups is 1. The summed E-state index contributed by atoms with van der Waals surface area (Å²) in [5, 5.41) is 3.56. The van der Waals surface area contributed by atoms with E-state index < -0.39 is 0 Å². The number of pyridine rings is 1. The third kappa shape index (κ3) is 6.30. The average Bonchev–Trinajstić information content (AvgIpc) is 2.34. The van der Waals surface area contributed by atoms with Crippen LogP contribution in [0.15, 0.2) is 23.3 Å². The second kappa shape index (κ2) is 7.76. The van der Waals surface area contributed by atoms with Crippen LogP contribution in [-0.4, -0.2) is 30.6 Å². The fourth-order valence-corrected chi connectivity index (χ4v) is 1.23. The maximum absolute atomic E-state index is 5.71. The summed E-state index contributed by atoms with van der Waals surface area (Å²) < 4.78 is 5.39. The molecule has 1 aromatic heterocycles. The van der Waals surface area contributed by atoms with E-state index in [0.717, 1.165) is 6.54 Å². The lowest BCUT2D eigenvalue weighted by molar-refractivity contribution is 0.310. The monoisotopic (exact) mass is 270 g/mol. The molecule has 0 bridgehead atoms. The van der Waals surface area contributed by atoms with Crippen LogP contribution in [0.2, 0.25) is 5.02 Å². The zero-order valence-corrected chi connectivity index (χ0v) is 11.4. The van der Waals surface area contributed by atoms with Crippen LogP contribution in [0.5, 0.6) is 5.88 Å². The molecule has 5 nitrogen and oxygen atoms in total. The van der Waals surface area contributed by atoms with Crippen molar-refractivity contribution in [3.8, 4) is 5.88 Å². The Kier molecular flexibility index (Phi) is 6.28. The topological polar surface area (TPSA) is 72.5 Å². The summed E-state index contributed by atoms with van der Waals surface area (Å²) in [6, 6.07) is 3.45. The quantitative estimate of drug-likeness (QED) is 0.469. The van der Waals surface area contributed by atoms with Crippen molar-refractivity contribution in [2.75, 3.05) is 19.7 Å². The van der Waals surface area contributed by atoms with Crippen LogP contribution in [0.1, 0.15) is 13.8 Å². The van der Waals surface area contributed by atoms with Crippen molar-refractivity contribution < 1.29 is 4.74 Å². The van der Waals surface area contributed by atoms with Crippen molar-refractivity contribution in [2.24, 2.45) is 16.6 Å². The number of hydrogen-bond donors (Lipinski definition) is 2. The summed E-state index contributed by atoms with van der Waals surface area (Å²) in [5.41, 5.74) is 5.67. The summed E-state index contributed by atoms with van der Waals surface area (Å²) in [7, 11) is 0. The van der Waals surface area contributed by atoms with E-state index >= 15 is 0 Å². The van der Waals surface area contributed by atoms with Crippen LogP contribution in [0, 0.1) is 5.92 Å². The number of nitrogens with zero attached hydrogens (tertiary/aromatic N) is 2. The number of hydrogen-bond acceptors (Lipinski definition) is 3. The molecule has 1 rings (SSSR count). The van der Waals surface area contributed by atoms with Crippen LogP contribution in [0.25, 0.3) is 0 Å². The molecule has 0 unspecified atom stereocenters. The summed E-state index contributed by atoms with van der Waals surface area (Å²) in [6.45, 7) is 5.95. The highest BCUT2D eigenvalue weighted by Crippen LogP contribution is 2.10. The number of nitrogens with one attached hydrogen (secondary N) is 1. The highest BCUT2D eigenvalue weighted by molar-refractivity contribution is 6.30. The standard InChI is InChI=1S/C12H19ClN4O/c1-9(2)7-17-12(14)15-5-6-18-11-4-3-10(13)8-16-11/h3-4,8-9H,5-7H2,1-2H3,(H3,14,15,17). The Morgan fingerprint density at radius 3 is 2.94 bits per heavy atom. The van der Waals surface area contributed by atoms with Gasteiger partial charge in [0.15, 0.2) is 5.96 Å². The molecule has 0 atom stereocenters. The van der Waals surface area contributed by atoms with Crippen LogP contribution in [-0.2, 0) is 0 Å². The first-order valence-corrected chi connectivity index (χ1v) is 6.24. The lowest BCUT2D eigenvalue weighted by atomic mass is 10.2. The third-order valence-corrected chi connectivity index (χ3v) is 2.21. The van der Waals surface area contributed by atoms with Gasteiger partial charge in [-0.1, -0.05) is 25.4 Å². The molecular formula is C12H19ClN4O. The van der Waals surface area contributed by atoms with E-state index in [2.05, 4.69) is 29.1 Å². The van der Waals surface area contributed by atoms with Gasteiger partial charge in [0, 0.05) is 18.8 Å². The molecule has 1 aromatic rings. The number of rotatable bonds is 6. The van der Waals surface area contributed by atoms with Crippen molar-refractivity contribution in [3.05, 3.63) is 23.4 Å². The van der Waals surface area contributed by atoms with Crippen molar-refractivity contribution in [1.29, 1.82) is 0 Å². The Hall–Kier alpha value is -1.49. The first kappa shape index (κ1) is 14.6. The van der Waals surface area contributed by atoms with Gasteiger partial charge >= 0.3 is 0 Å². The largest absolute Gasteiger partial charge is 0.476 e. The van der Waals surface area contributed by atoms with E-state index in [9.17, 15) is 0 Å². The fraction of sp³-hybridized carbons (Fsp3) is 0.500. The second-order valence-corrected chi connectivity index (χ2v) is 4.65. The second-order valence-electron chi connectivity index (χ2n) is 4.21. The molecule has 0 saturated heterocycles. The highest BCUT2D eigenvalue weighted by atomic mass is 35.5. The Bertz CT molecular complexity index is 378. The number of halogens is 1. The van der Waals surface area contributed by atoms with Crippen LogP contribution in [0.4, 0.5) is 0 Å². The van der Waals surface area contributed by atoms with Gasteiger partial charge in [0.25, 0.3) is 0 Å². The Morgan fingerprint density at radius 2 is 2.33 bits per heavy atom. The number of nitrogens with two attached hydrogens (primary N) is 1. The van der Waals surface area contributed by atoms with Crippen molar-refractivity contribution in [1.82, 2.24) is 10.3 Å². The Morgan fingerprint density at radius 1 is 1.56 bits per heavy atom. The molecule has 100 valence electrons. The maximum atomic E-state index is 5.71. The van der Waals surface area contributed by atoms with Gasteiger partial charge in [-0.15, -0.1) is 0 Å². The summed E-state index contributed by atoms with van der Waals surface area (Å²) in [4.78, 5) is 8.19. The lowest BCUT2D eigenvalue weighted by Crippen LogP contribution is -2.35. The normalized spacial score (nSPS) is 11.7. The first-order valence-electron chi connectivity index (χ1n) is 5.86. The van der Waals surface area contributed by atoms with Gasteiger partial charge in [0.05, 0.1) is 11.6 Å². The van der Waals surface area contributed by atoms with E-state index in [1.54, 1.807) is 18.3 Å². The first-order chi connectivity index (χ1) is 8.58. The van der Waals surface area contributed by atoms with Gasteiger partial charge in [0.2, 0.25) is 5.88 Å². The molecule has 0 radical (unpaired) electrons. The molecule has 0 amide bonds. The molecule has 0 aliphatic heterocycles. The predicted molar refractivity (Wildman–Crippen MR) is 74.1 cm³/mol. The molecule has 0 aromatic carbocycles. The zero-order chi connectivity index (χ0) is 13.4. The highest BCUT2D eigenvalue weighted by Gasteiger charge is 1.96. The molecule has 0 saturated carbocycles. The minimum Gasteiger partial charge on any atom is -0.476 e. The van der Waals surface area contributed by atoms with Gasteiger partial charge in [-0.2, -0.15) is 0 Å². The molecule has 0 fully saturated rings. The van der Waals surface area contributed by atoms with E-state index in [0.29, 0.717) is 35.9 Å². The SMILES string of the molecule is CC(C)CN=C(N)NCCOc1ccc(Cl)cn1. The van der Waals surface area contributed by atoms with Crippen LogP contribution >= 0.6 is 11.6 Å². The van der Waals surface area contributed by atoms with E-state index in [1.165, 1.54) is 0 Å². The van der Waals surface area contributed by atoms with E-state index in [-0.39, 0.29) is 0 Å². The van der Waals surface area contributed by atoms with E-state index in [4.69, 9.17) is 22.1 Å². The van der Waals surface area contributed by atoms with Crippen LogP contribution in [0.3, 0.4) is 0 Å². The average molecular weight is 271 g/mol. The molecule has 18 heavy (non-hydrogen) atoms. The molecular weight excluding hydrogens is 252 g/mol. The number of ether oxygens (including phenoxy) is 1. The number of aromatic nitrogens is 1. The van der Waals surface area contributed by atoms with Crippen molar-refractivity contribution in [2.45, 2.75) is 13.8 Å². The molecule has 1 heterocycles. The minimum absolute atomic E-state index is 0.441. The molecule has 6 heteroatoms. The molecule has 0 spiro atoms. The van der Waals surface area contributed by atoms with Gasteiger partial charge in [-0.05, 0) is 12.0 Å². The Balaban J connectivity index is 2.18. The van der Waals surface area contributed by atoms with Crippen molar-refractivity contribution in [3.63, 3.8) is 0 Å². The van der Waals surface area contributed by atoms with Gasteiger partial charge < -0.3 is 15.8 Å². The Labute approximate surface area is 112 Å². The molecule has 0 aliphatic carbocycles. The van der Waals surface area contributed by atoms with Gasteiger partial charge in [-0.3, -0.25) is 4.99 Å². The fourth-order valence-electron chi connectivity index (χ4n) is 1.12. The molecule has 0 aliphatic rings. The van der Waals surface area contributed by atoms with Gasteiger partial charge in [-0.25, -0.2) is 4.98 Å².